The number of cyclic esters (lactones) is 1. The number of furan rings is 1. The van der Waals surface area contributed by atoms with Gasteiger partial charge in [0.25, 0.3) is 0 Å². The summed E-state index contributed by atoms with van der Waals surface area (Å²) in [4.78, 5) is 16.2. The van der Waals surface area contributed by atoms with E-state index in [0.29, 0.717) is 23.3 Å². The summed E-state index contributed by atoms with van der Waals surface area (Å²) in [5.41, 5.74) is 11.3. The number of esters is 1. The average molecular weight is 480 g/mol. The molecule has 1 aromatic heterocycles. The fourth-order valence-corrected chi connectivity index (χ4v) is 4.78. The maximum Gasteiger partial charge on any atom is 0.339 e. The number of carbonyl (C=O) groups excluding carboxylic acids is 1. The zero-order valence-electron chi connectivity index (χ0n) is 21.1. The summed E-state index contributed by atoms with van der Waals surface area (Å²) in [6.07, 6.45) is 8.24. The largest absolute Gasteiger partial charge is 0.461 e. The van der Waals surface area contributed by atoms with Crippen LogP contribution in [0.3, 0.4) is 0 Å². The zero-order chi connectivity index (χ0) is 25.3. The van der Waals surface area contributed by atoms with E-state index in [9.17, 15) is 4.79 Å². The van der Waals surface area contributed by atoms with Crippen LogP contribution in [0.5, 0.6) is 0 Å². The number of carbonyl (C=O) groups is 1. The molecule has 0 spiro atoms. The summed E-state index contributed by atoms with van der Waals surface area (Å²) in [6, 6.07) is 3.65. The van der Waals surface area contributed by atoms with Gasteiger partial charge in [-0.3, -0.25) is 0 Å². The Morgan fingerprint density at radius 1 is 1.14 bits per heavy atom. The fraction of sp³-hybridized carbons (Fsp3) is 0.519. The Balaban J connectivity index is 1.83. The predicted molar refractivity (Wildman–Crippen MR) is 134 cm³/mol. The van der Waals surface area contributed by atoms with Gasteiger partial charge in [-0.2, -0.15) is 0 Å². The van der Waals surface area contributed by atoms with Crippen molar-refractivity contribution in [3.05, 3.63) is 63.3 Å². The molecule has 2 aliphatic rings. The van der Waals surface area contributed by atoms with Gasteiger partial charge in [-0.15, -0.1) is 0 Å². The minimum atomic E-state index is -0.667. The Morgan fingerprint density at radius 2 is 1.89 bits per heavy atom. The van der Waals surface area contributed by atoms with Gasteiger partial charge in [0.15, 0.2) is 5.79 Å². The number of azide groups is 1. The van der Waals surface area contributed by atoms with E-state index in [4.69, 9.17) is 24.2 Å². The lowest BCUT2D eigenvalue weighted by Crippen LogP contribution is -2.29. The lowest BCUT2D eigenvalue weighted by molar-refractivity contribution is -0.148. The third kappa shape index (κ3) is 5.30. The van der Waals surface area contributed by atoms with Gasteiger partial charge in [-0.05, 0) is 62.9 Å². The first kappa shape index (κ1) is 25.0. The first-order valence-corrected chi connectivity index (χ1v) is 12.1. The minimum absolute atomic E-state index is 0.0190. The third-order valence-electron chi connectivity index (χ3n) is 6.75. The third-order valence-corrected chi connectivity index (χ3v) is 6.75. The van der Waals surface area contributed by atoms with Crippen molar-refractivity contribution in [2.45, 2.75) is 78.6 Å². The number of aryl methyl sites for hydroxylation is 1. The molecule has 0 N–H and O–H groups in total. The van der Waals surface area contributed by atoms with Crippen molar-refractivity contribution in [1.29, 1.82) is 0 Å². The molecule has 2 aliphatic heterocycles. The van der Waals surface area contributed by atoms with Crippen molar-refractivity contribution in [2.24, 2.45) is 17.0 Å². The quantitative estimate of drug-likeness (QED) is 0.154. The predicted octanol–water partition coefficient (Wildman–Crippen LogP) is 6.86. The molecule has 4 rings (SSSR count). The van der Waals surface area contributed by atoms with E-state index in [1.54, 1.807) is 0 Å². The van der Waals surface area contributed by atoms with Crippen molar-refractivity contribution in [1.82, 2.24) is 0 Å². The number of nitrogens with zero attached hydrogens (tertiary/aromatic N) is 3. The normalized spacial score (nSPS) is 30.5. The summed E-state index contributed by atoms with van der Waals surface area (Å²) in [5.74, 6) is -0.367. The second kappa shape index (κ2) is 9.90. The number of fused-ring (bicyclic) bond motifs is 4. The molecule has 1 aromatic carbocycles. The molecule has 35 heavy (non-hydrogen) atoms. The highest BCUT2D eigenvalue weighted by atomic mass is 16.8. The number of ether oxygens (including phenoxy) is 3. The van der Waals surface area contributed by atoms with Crippen LogP contribution in [0.2, 0.25) is 0 Å². The number of hydrogen-bond acceptors (Lipinski definition) is 6. The molecule has 5 atom stereocenters. The van der Waals surface area contributed by atoms with E-state index < -0.39 is 5.79 Å². The van der Waals surface area contributed by atoms with E-state index in [1.165, 1.54) is 0 Å². The summed E-state index contributed by atoms with van der Waals surface area (Å²) in [6.45, 7) is 11.9. The molecule has 0 saturated carbocycles. The average Bonchev–Trinajstić information content (AvgIpc) is 3.34. The van der Waals surface area contributed by atoms with Crippen LogP contribution < -0.4 is 0 Å². The van der Waals surface area contributed by atoms with Crippen LogP contribution in [0.15, 0.2) is 39.9 Å². The van der Waals surface area contributed by atoms with E-state index in [0.717, 1.165) is 16.5 Å². The highest BCUT2D eigenvalue weighted by Gasteiger charge is 2.42. The van der Waals surface area contributed by atoms with Gasteiger partial charge in [-0.25, -0.2) is 4.79 Å². The van der Waals surface area contributed by atoms with Crippen LogP contribution in [-0.4, -0.2) is 30.1 Å². The summed E-state index contributed by atoms with van der Waals surface area (Å²) in [5, 5.41) is 4.37. The highest BCUT2D eigenvalue weighted by Crippen LogP contribution is 2.36. The van der Waals surface area contributed by atoms with Crippen molar-refractivity contribution in [3.8, 4) is 0 Å². The van der Waals surface area contributed by atoms with Crippen LogP contribution in [0, 0.1) is 18.8 Å². The van der Waals surface area contributed by atoms with E-state index in [2.05, 4.69) is 29.1 Å². The Bertz CT molecular complexity index is 1220. The molecular formula is C27H33N3O5. The van der Waals surface area contributed by atoms with E-state index in [1.807, 2.05) is 58.9 Å². The van der Waals surface area contributed by atoms with Crippen LogP contribution >= 0.6 is 0 Å². The van der Waals surface area contributed by atoms with Gasteiger partial charge < -0.3 is 18.6 Å². The molecular weight excluding hydrogens is 446 g/mol. The molecule has 0 bridgehead atoms. The number of benzene rings is 1. The lowest BCUT2D eigenvalue weighted by Gasteiger charge is -2.23. The van der Waals surface area contributed by atoms with Crippen molar-refractivity contribution in [3.63, 3.8) is 0 Å². The molecule has 1 unspecified atom stereocenters. The Kier molecular flexibility index (Phi) is 7.08. The summed E-state index contributed by atoms with van der Waals surface area (Å²) < 4.78 is 24.3. The van der Waals surface area contributed by atoms with Gasteiger partial charge in [0.05, 0.1) is 24.3 Å². The van der Waals surface area contributed by atoms with Gasteiger partial charge in [-0.1, -0.05) is 43.3 Å². The monoisotopic (exact) mass is 479 g/mol. The molecule has 0 radical (unpaired) electrons. The SMILES string of the molecule is Cc1cc2oc(CN=[N+]=[N-])cc2c2c1C(=O)O[C@@H](C)[C@H](C)/C=C\C(C)[C@H]1OC(C)(C)O[C@H]1C/C=C/2. The molecule has 0 amide bonds. The van der Waals surface area contributed by atoms with Crippen LogP contribution in [0.25, 0.3) is 27.5 Å². The second-order valence-corrected chi connectivity index (χ2v) is 9.99. The van der Waals surface area contributed by atoms with Crippen molar-refractivity contribution >= 4 is 23.0 Å². The maximum atomic E-state index is 13.4. The van der Waals surface area contributed by atoms with Crippen molar-refractivity contribution < 1.29 is 23.4 Å². The van der Waals surface area contributed by atoms with Crippen LogP contribution in [-0.2, 0) is 20.8 Å². The summed E-state index contributed by atoms with van der Waals surface area (Å²) >= 11 is 0. The molecule has 2 aromatic rings. The zero-order valence-corrected chi connectivity index (χ0v) is 21.1. The number of rotatable bonds is 2. The fourth-order valence-electron chi connectivity index (χ4n) is 4.78. The Hall–Kier alpha value is -3.06. The topological polar surface area (TPSA) is 107 Å². The standard InChI is InChI=1S/C27H33N3O5/c1-15-10-11-16(2)25-22(34-27(5,6)35-25)9-7-8-20-21-13-19(14-29-30-28)33-23(21)12-17(3)24(20)26(31)32-18(15)4/h7-8,10-13,15-16,18,22,25H,9,14H2,1-6H3/b8-7+,11-10-/t15-,16?,18+,22+,25-/m1/s1. The highest BCUT2D eigenvalue weighted by molar-refractivity contribution is 6.03. The van der Waals surface area contributed by atoms with E-state index in [-0.39, 0.29) is 42.7 Å². The number of hydrogen-bond donors (Lipinski definition) is 0. The van der Waals surface area contributed by atoms with Gasteiger partial charge in [0, 0.05) is 22.1 Å². The molecule has 1 fully saturated rings. The molecule has 3 heterocycles. The first-order valence-electron chi connectivity index (χ1n) is 12.1. The molecule has 8 heteroatoms. The maximum absolute atomic E-state index is 13.4. The molecule has 8 nitrogen and oxygen atoms in total. The van der Waals surface area contributed by atoms with Gasteiger partial charge in [0.1, 0.15) is 17.4 Å². The molecule has 0 aliphatic carbocycles. The van der Waals surface area contributed by atoms with Crippen molar-refractivity contribution in [2.75, 3.05) is 0 Å². The molecule has 1 saturated heterocycles. The second-order valence-electron chi connectivity index (χ2n) is 9.99. The minimum Gasteiger partial charge on any atom is -0.461 e. The van der Waals surface area contributed by atoms with Gasteiger partial charge >= 0.3 is 5.97 Å². The van der Waals surface area contributed by atoms with Crippen LogP contribution in [0.4, 0.5) is 0 Å². The Labute approximate surface area is 205 Å². The Morgan fingerprint density at radius 3 is 2.63 bits per heavy atom. The van der Waals surface area contributed by atoms with Gasteiger partial charge in [0.2, 0.25) is 0 Å². The van der Waals surface area contributed by atoms with E-state index >= 15 is 0 Å². The van der Waals surface area contributed by atoms with Crippen LogP contribution in [0.1, 0.15) is 68.3 Å². The molecule has 186 valence electrons. The lowest BCUT2D eigenvalue weighted by atomic mass is 9.93. The summed E-state index contributed by atoms with van der Waals surface area (Å²) in [7, 11) is 0. The first-order chi connectivity index (χ1) is 16.6. The smallest absolute Gasteiger partial charge is 0.339 e.